The highest BCUT2D eigenvalue weighted by atomic mass is 16.5. The van der Waals surface area contributed by atoms with Crippen LogP contribution in [0.2, 0.25) is 0 Å². The van der Waals surface area contributed by atoms with Crippen LogP contribution in [0.25, 0.3) is 0 Å². The predicted octanol–water partition coefficient (Wildman–Crippen LogP) is 4.55. The molecule has 0 aliphatic carbocycles. The molecule has 1 unspecified atom stereocenters. The van der Waals surface area contributed by atoms with E-state index in [1.54, 1.807) is 0 Å². The molecule has 0 saturated carbocycles. The van der Waals surface area contributed by atoms with Crippen LogP contribution in [-0.2, 0) is 0 Å². The first-order valence-corrected chi connectivity index (χ1v) is 6.15. The van der Waals surface area contributed by atoms with Gasteiger partial charge in [0.05, 0.1) is 6.61 Å². The number of hydrogen-bond acceptors (Lipinski definition) is 1. The van der Waals surface area contributed by atoms with Crippen LogP contribution in [-0.4, -0.2) is 6.61 Å². The molecule has 0 heterocycles. The third-order valence-corrected chi connectivity index (χ3v) is 2.81. The number of allylic oxidation sites excluding steroid dienone is 2. The number of benzene rings is 1. The van der Waals surface area contributed by atoms with Gasteiger partial charge in [0.15, 0.2) is 0 Å². The van der Waals surface area contributed by atoms with Crippen molar-refractivity contribution in [1.29, 1.82) is 0 Å². The van der Waals surface area contributed by atoms with Gasteiger partial charge in [-0.25, -0.2) is 0 Å². The normalized spacial score (nSPS) is 12.9. The lowest BCUT2D eigenvalue weighted by atomic mass is 9.93. The van der Waals surface area contributed by atoms with Crippen molar-refractivity contribution in [3.05, 3.63) is 42.0 Å². The van der Waals surface area contributed by atoms with E-state index in [0.29, 0.717) is 5.92 Å². The summed E-state index contributed by atoms with van der Waals surface area (Å²) in [7, 11) is 0. The summed E-state index contributed by atoms with van der Waals surface area (Å²) in [6, 6.07) is 8.50. The Labute approximate surface area is 99.1 Å². The summed E-state index contributed by atoms with van der Waals surface area (Å²) in [5.41, 5.74) is 1.41. The molecule has 0 aliphatic rings. The minimum atomic E-state index is 0.631. The zero-order chi connectivity index (χ0) is 11.8. The molecular formula is C15H22O. The molecule has 16 heavy (non-hydrogen) atoms. The van der Waals surface area contributed by atoms with Gasteiger partial charge in [0.1, 0.15) is 5.75 Å². The molecule has 1 rings (SSSR count). The second-order valence-corrected chi connectivity index (χ2v) is 3.91. The average Bonchev–Trinajstić information content (AvgIpc) is 2.32. The van der Waals surface area contributed by atoms with Crippen LogP contribution >= 0.6 is 0 Å². The molecule has 1 aromatic rings. The van der Waals surface area contributed by atoms with Crippen LogP contribution in [0.15, 0.2) is 36.4 Å². The number of hydrogen-bond donors (Lipinski definition) is 0. The molecule has 1 atom stereocenters. The Morgan fingerprint density at radius 2 is 1.88 bits per heavy atom. The van der Waals surface area contributed by atoms with Crippen LogP contribution in [0, 0.1) is 0 Å². The summed E-state index contributed by atoms with van der Waals surface area (Å²) in [4.78, 5) is 0. The van der Waals surface area contributed by atoms with Gasteiger partial charge in [-0.2, -0.15) is 0 Å². The fourth-order valence-electron chi connectivity index (χ4n) is 1.84. The van der Waals surface area contributed by atoms with Crippen molar-refractivity contribution in [3.8, 4) is 5.75 Å². The minimum absolute atomic E-state index is 0.631. The number of rotatable bonds is 6. The smallest absolute Gasteiger partial charge is 0.119 e. The van der Waals surface area contributed by atoms with Crippen LogP contribution < -0.4 is 4.74 Å². The molecule has 0 spiro atoms. The third-order valence-electron chi connectivity index (χ3n) is 2.81. The van der Waals surface area contributed by atoms with E-state index in [9.17, 15) is 0 Å². The maximum absolute atomic E-state index is 5.44. The Hall–Kier alpha value is -1.24. The summed E-state index contributed by atoms with van der Waals surface area (Å²) in [6.07, 6.45) is 6.67. The molecule has 0 amide bonds. The molecule has 0 aliphatic heterocycles. The first kappa shape index (κ1) is 12.8. The molecule has 0 saturated heterocycles. The van der Waals surface area contributed by atoms with Crippen LogP contribution in [0.1, 0.15) is 45.1 Å². The van der Waals surface area contributed by atoms with E-state index in [0.717, 1.165) is 18.8 Å². The average molecular weight is 218 g/mol. The van der Waals surface area contributed by atoms with Gasteiger partial charge in [0, 0.05) is 0 Å². The summed E-state index contributed by atoms with van der Waals surface area (Å²) in [5.74, 6) is 1.60. The summed E-state index contributed by atoms with van der Waals surface area (Å²) in [6.45, 7) is 7.06. The van der Waals surface area contributed by atoms with E-state index in [4.69, 9.17) is 4.74 Å². The van der Waals surface area contributed by atoms with E-state index in [1.165, 1.54) is 12.0 Å². The highest BCUT2D eigenvalue weighted by molar-refractivity contribution is 5.29. The fourth-order valence-corrected chi connectivity index (χ4v) is 1.84. The molecule has 1 aromatic carbocycles. The topological polar surface area (TPSA) is 9.23 Å². The van der Waals surface area contributed by atoms with E-state index >= 15 is 0 Å². The van der Waals surface area contributed by atoms with Gasteiger partial charge in [-0.15, -0.1) is 0 Å². The molecular weight excluding hydrogens is 196 g/mol. The van der Waals surface area contributed by atoms with E-state index < -0.39 is 0 Å². The monoisotopic (exact) mass is 218 g/mol. The van der Waals surface area contributed by atoms with Crippen molar-refractivity contribution in [2.75, 3.05) is 6.61 Å². The summed E-state index contributed by atoms with van der Waals surface area (Å²) >= 11 is 0. The largest absolute Gasteiger partial charge is 0.494 e. The minimum Gasteiger partial charge on any atom is -0.494 e. The van der Waals surface area contributed by atoms with Gasteiger partial charge in [-0.05, 0) is 50.3 Å². The highest BCUT2D eigenvalue weighted by Crippen LogP contribution is 2.25. The fraction of sp³-hybridized carbons (Fsp3) is 0.467. The lowest BCUT2D eigenvalue weighted by Crippen LogP contribution is -1.97. The lowest BCUT2D eigenvalue weighted by Gasteiger charge is -2.13. The van der Waals surface area contributed by atoms with E-state index in [2.05, 4.69) is 50.3 Å². The summed E-state index contributed by atoms with van der Waals surface area (Å²) < 4.78 is 5.44. The molecule has 0 radical (unpaired) electrons. The molecule has 88 valence electrons. The second-order valence-electron chi connectivity index (χ2n) is 3.91. The quantitative estimate of drug-likeness (QED) is 0.637. The Balaban J connectivity index is 2.69. The maximum atomic E-state index is 5.44. The first-order chi connectivity index (χ1) is 7.81. The van der Waals surface area contributed by atoms with Gasteiger partial charge in [-0.3, -0.25) is 0 Å². The van der Waals surface area contributed by atoms with Crippen LogP contribution in [0.3, 0.4) is 0 Å². The lowest BCUT2D eigenvalue weighted by molar-refractivity contribution is 0.340. The highest BCUT2D eigenvalue weighted by Gasteiger charge is 2.07. The molecule has 1 nitrogen and oxygen atoms in total. The van der Waals surface area contributed by atoms with Crippen LogP contribution in [0.5, 0.6) is 5.75 Å². The van der Waals surface area contributed by atoms with Crippen molar-refractivity contribution in [1.82, 2.24) is 0 Å². The molecule has 0 fully saturated rings. The van der Waals surface area contributed by atoms with Crippen molar-refractivity contribution >= 4 is 0 Å². The molecule has 0 bridgehead atoms. The van der Waals surface area contributed by atoms with E-state index in [1.807, 2.05) is 6.92 Å². The first-order valence-electron chi connectivity index (χ1n) is 6.15. The molecule has 0 aromatic heterocycles. The van der Waals surface area contributed by atoms with Gasteiger partial charge in [0.2, 0.25) is 0 Å². The third kappa shape index (κ3) is 3.73. The Morgan fingerprint density at radius 3 is 2.38 bits per heavy atom. The Morgan fingerprint density at radius 1 is 1.19 bits per heavy atom. The van der Waals surface area contributed by atoms with Gasteiger partial charge < -0.3 is 4.74 Å². The van der Waals surface area contributed by atoms with E-state index in [-0.39, 0.29) is 0 Å². The predicted molar refractivity (Wildman–Crippen MR) is 70.1 cm³/mol. The Bertz CT molecular complexity index is 311. The number of ether oxygens (including phenoxy) is 1. The van der Waals surface area contributed by atoms with Gasteiger partial charge in [-0.1, -0.05) is 31.2 Å². The standard InChI is InChI=1S/C15H22O/c1-4-7-8-13(5-2)14-9-11-15(12-10-14)16-6-3/h4,7,9-13H,5-6,8H2,1-3H3/b7-4-. The maximum Gasteiger partial charge on any atom is 0.119 e. The SMILES string of the molecule is C/C=C\CC(CC)c1ccc(OCC)cc1. The molecule has 1 heteroatoms. The van der Waals surface area contributed by atoms with Crippen molar-refractivity contribution in [2.45, 2.75) is 39.5 Å². The van der Waals surface area contributed by atoms with Crippen molar-refractivity contribution < 1.29 is 4.74 Å². The van der Waals surface area contributed by atoms with Crippen molar-refractivity contribution in [3.63, 3.8) is 0 Å². The van der Waals surface area contributed by atoms with Crippen LogP contribution in [0.4, 0.5) is 0 Å². The Kier molecular flexibility index (Phi) is 5.69. The zero-order valence-corrected chi connectivity index (χ0v) is 10.6. The van der Waals surface area contributed by atoms with Gasteiger partial charge >= 0.3 is 0 Å². The molecule has 0 N–H and O–H groups in total. The summed E-state index contributed by atoms with van der Waals surface area (Å²) in [5, 5.41) is 0. The van der Waals surface area contributed by atoms with Gasteiger partial charge in [0.25, 0.3) is 0 Å². The van der Waals surface area contributed by atoms with Crippen molar-refractivity contribution in [2.24, 2.45) is 0 Å². The zero-order valence-electron chi connectivity index (χ0n) is 10.6. The second kappa shape index (κ2) is 7.10.